The Hall–Kier alpha value is -2.18. The molecule has 0 aromatic heterocycles. The van der Waals surface area contributed by atoms with Gasteiger partial charge in [-0.1, -0.05) is 30.3 Å². The van der Waals surface area contributed by atoms with Crippen LogP contribution in [-0.2, 0) is 10.0 Å². The van der Waals surface area contributed by atoms with Crippen molar-refractivity contribution in [1.82, 2.24) is 4.72 Å². The monoisotopic (exact) mass is 319 g/mol. The summed E-state index contributed by atoms with van der Waals surface area (Å²) >= 11 is 0. The molecule has 0 unspecified atom stereocenters. The Morgan fingerprint density at radius 3 is 2.23 bits per heavy atom. The Balaban J connectivity index is 2.61. The predicted octanol–water partition coefficient (Wildman–Crippen LogP) is 2.74. The quantitative estimate of drug-likeness (QED) is 0.887. The van der Waals surface area contributed by atoms with Crippen LogP contribution in [-0.4, -0.2) is 25.5 Å². The molecule has 116 valence electrons. The topological polar surface area (TPSA) is 83.5 Å². The van der Waals surface area contributed by atoms with Crippen molar-refractivity contribution in [1.29, 1.82) is 0 Å². The third-order valence-electron chi connectivity index (χ3n) is 2.96. The van der Waals surface area contributed by atoms with Gasteiger partial charge in [0.05, 0.1) is 10.5 Å². The van der Waals surface area contributed by atoms with E-state index in [1.165, 1.54) is 18.2 Å². The summed E-state index contributed by atoms with van der Waals surface area (Å²) in [5.74, 6) is -1.17. The summed E-state index contributed by atoms with van der Waals surface area (Å²) in [5.41, 5.74) is 1.24. The number of carbonyl (C=O) groups is 1. The molecular weight excluding hydrogens is 302 g/mol. The average molecular weight is 319 g/mol. The first-order chi connectivity index (χ1) is 10.3. The molecule has 0 bridgehead atoms. The zero-order chi connectivity index (χ0) is 16.3. The largest absolute Gasteiger partial charge is 0.478 e. The summed E-state index contributed by atoms with van der Waals surface area (Å²) in [5, 5.41) is 9.21. The number of nitrogens with one attached hydrogen (secondary N) is 1. The fourth-order valence-electron chi connectivity index (χ4n) is 2.05. The Bertz CT molecular complexity index is 783. The maximum Gasteiger partial charge on any atom is 0.335 e. The van der Waals surface area contributed by atoms with E-state index in [2.05, 4.69) is 4.72 Å². The Morgan fingerprint density at radius 2 is 1.68 bits per heavy atom. The van der Waals surface area contributed by atoms with Gasteiger partial charge in [-0.15, -0.1) is 0 Å². The summed E-state index contributed by atoms with van der Waals surface area (Å²) in [6, 6.07) is 12.9. The fraction of sp³-hybridized carbons (Fsp3) is 0.188. The first-order valence-electron chi connectivity index (χ1n) is 6.76. The zero-order valence-electron chi connectivity index (χ0n) is 12.3. The molecule has 6 heteroatoms. The molecule has 2 N–H and O–H groups in total. The van der Waals surface area contributed by atoms with Crippen LogP contribution in [0.2, 0.25) is 0 Å². The molecule has 0 fully saturated rings. The molecule has 0 atom stereocenters. The van der Waals surface area contributed by atoms with Gasteiger partial charge in [0, 0.05) is 6.04 Å². The Kier molecular flexibility index (Phi) is 4.63. The molecule has 5 nitrogen and oxygen atoms in total. The van der Waals surface area contributed by atoms with Crippen molar-refractivity contribution in [2.75, 3.05) is 0 Å². The van der Waals surface area contributed by atoms with E-state index in [1.807, 2.05) is 18.2 Å². The van der Waals surface area contributed by atoms with E-state index in [9.17, 15) is 18.3 Å². The SMILES string of the molecule is CC(C)NS(=O)(=O)c1cc(C(=O)O)cc(-c2ccccc2)c1. The molecule has 2 aromatic carbocycles. The standard InChI is InChI=1S/C16H17NO4S/c1-11(2)17-22(20,21)15-9-13(8-14(10-15)16(18)19)12-6-4-3-5-7-12/h3-11,17H,1-2H3,(H,18,19). The van der Waals surface area contributed by atoms with E-state index < -0.39 is 16.0 Å². The first kappa shape index (κ1) is 16.2. The van der Waals surface area contributed by atoms with E-state index >= 15 is 0 Å². The van der Waals surface area contributed by atoms with Crippen LogP contribution in [0, 0.1) is 0 Å². The summed E-state index contributed by atoms with van der Waals surface area (Å²) < 4.78 is 27.1. The van der Waals surface area contributed by atoms with Crippen LogP contribution >= 0.6 is 0 Å². The number of hydrogen-bond donors (Lipinski definition) is 2. The van der Waals surface area contributed by atoms with Crippen molar-refractivity contribution in [3.63, 3.8) is 0 Å². The third-order valence-corrected chi connectivity index (χ3v) is 4.60. The molecule has 0 aliphatic carbocycles. The highest BCUT2D eigenvalue weighted by Gasteiger charge is 2.19. The average Bonchev–Trinajstić information content (AvgIpc) is 2.46. The Labute approximate surface area is 129 Å². The second kappa shape index (κ2) is 6.29. The van der Waals surface area contributed by atoms with Gasteiger partial charge >= 0.3 is 5.97 Å². The summed E-state index contributed by atoms with van der Waals surface area (Å²) in [7, 11) is -3.76. The third kappa shape index (κ3) is 3.72. The lowest BCUT2D eigenvalue weighted by Gasteiger charge is -2.12. The van der Waals surface area contributed by atoms with E-state index in [0.717, 1.165) is 5.56 Å². The van der Waals surface area contributed by atoms with Crippen molar-refractivity contribution in [3.05, 3.63) is 54.1 Å². The first-order valence-corrected chi connectivity index (χ1v) is 8.24. The molecule has 0 saturated heterocycles. The number of carboxylic acids is 1. The summed E-state index contributed by atoms with van der Waals surface area (Å²) in [6.07, 6.45) is 0. The maximum absolute atomic E-state index is 12.3. The van der Waals surface area contributed by atoms with Gasteiger partial charge in [-0.05, 0) is 43.2 Å². The van der Waals surface area contributed by atoms with E-state index in [0.29, 0.717) is 5.56 Å². The van der Waals surface area contributed by atoms with Crippen LogP contribution in [0.25, 0.3) is 11.1 Å². The predicted molar refractivity (Wildman–Crippen MR) is 84.3 cm³/mol. The van der Waals surface area contributed by atoms with Crippen molar-refractivity contribution in [3.8, 4) is 11.1 Å². The van der Waals surface area contributed by atoms with Gasteiger partial charge in [0.1, 0.15) is 0 Å². The number of carboxylic acid groups (broad SMARTS) is 1. The molecule has 0 heterocycles. The lowest BCUT2D eigenvalue weighted by molar-refractivity contribution is 0.0696. The number of benzene rings is 2. The van der Waals surface area contributed by atoms with Gasteiger partial charge in [0.25, 0.3) is 0 Å². The molecule has 22 heavy (non-hydrogen) atoms. The van der Waals surface area contributed by atoms with Gasteiger partial charge in [-0.2, -0.15) is 0 Å². The van der Waals surface area contributed by atoms with E-state index in [-0.39, 0.29) is 16.5 Å². The second-order valence-electron chi connectivity index (χ2n) is 5.19. The number of aromatic carboxylic acids is 1. The summed E-state index contributed by atoms with van der Waals surface area (Å²) in [4.78, 5) is 11.2. The highest BCUT2D eigenvalue weighted by atomic mass is 32.2. The van der Waals surface area contributed by atoms with Gasteiger partial charge < -0.3 is 5.11 Å². The smallest absolute Gasteiger partial charge is 0.335 e. The van der Waals surface area contributed by atoms with Crippen LogP contribution in [0.15, 0.2) is 53.4 Å². The molecule has 2 rings (SSSR count). The molecule has 0 aliphatic heterocycles. The highest BCUT2D eigenvalue weighted by molar-refractivity contribution is 7.89. The minimum absolute atomic E-state index is 0.0556. The second-order valence-corrected chi connectivity index (χ2v) is 6.91. The number of rotatable bonds is 5. The van der Waals surface area contributed by atoms with Crippen LogP contribution < -0.4 is 4.72 Å². The van der Waals surface area contributed by atoms with Crippen LogP contribution in [0.3, 0.4) is 0 Å². The molecule has 0 radical (unpaired) electrons. The van der Waals surface area contributed by atoms with Crippen LogP contribution in [0.1, 0.15) is 24.2 Å². The minimum Gasteiger partial charge on any atom is -0.478 e. The van der Waals surface area contributed by atoms with Crippen molar-refractivity contribution < 1.29 is 18.3 Å². The molecule has 2 aromatic rings. The van der Waals surface area contributed by atoms with Gasteiger partial charge in [-0.3, -0.25) is 0 Å². The fourth-order valence-corrected chi connectivity index (χ4v) is 3.37. The molecular formula is C16H17NO4S. The van der Waals surface area contributed by atoms with Crippen molar-refractivity contribution >= 4 is 16.0 Å². The van der Waals surface area contributed by atoms with Crippen molar-refractivity contribution in [2.24, 2.45) is 0 Å². The van der Waals surface area contributed by atoms with Crippen LogP contribution in [0.5, 0.6) is 0 Å². The van der Waals surface area contributed by atoms with E-state index in [4.69, 9.17) is 0 Å². The lowest BCUT2D eigenvalue weighted by atomic mass is 10.0. The van der Waals surface area contributed by atoms with Crippen LogP contribution in [0.4, 0.5) is 0 Å². The minimum atomic E-state index is -3.76. The Morgan fingerprint density at radius 1 is 1.05 bits per heavy atom. The van der Waals surface area contributed by atoms with Gasteiger partial charge in [0.15, 0.2) is 0 Å². The van der Waals surface area contributed by atoms with E-state index in [1.54, 1.807) is 26.0 Å². The normalized spacial score (nSPS) is 11.6. The maximum atomic E-state index is 12.3. The van der Waals surface area contributed by atoms with Gasteiger partial charge in [-0.25, -0.2) is 17.9 Å². The summed E-state index contributed by atoms with van der Waals surface area (Å²) in [6.45, 7) is 3.41. The molecule has 0 spiro atoms. The highest BCUT2D eigenvalue weighted by Crippen LogP contribution is 2.24. The molecule has 0 aliphatic rings. The lowest BCUT2D eigenvalue weighted by Crippen LogP contribution is -2.30. The number of sulfonamides is 1. The molecule has 0 amide bonds. The number of hydrogen-bond acceptors (Lipinski definition) is 3. The van der Waals surface area contributed by atoms with Crippen molar-refractivity contribution in [2.45, 2.75) is 24.8 Å². The van der Waals surface area contributed by atoms with Gasteiger partial charge in [0.2, 0.25) is 10.0 Å². The zero-order valence-corrected chi connectivity index (χ0v) is 13.1. The molecule has 0 saturated carbocycles.